The van der Waals surface area contributed by atoms with Crippen LogP contribution < -0.4 is 14.8 Å². The summed E-state index contributed by atoms with van der Waals surface area (Å²) in [5, 5.41) is 3.28. The molecule has 0 aliphatic heterocycles. The average Bonchev–Trinajstić information content (AvgIpc) is 2.58. The van der Waals surface area contributed by atoms with Crippen LogP contribution in [0.1, 0.15) is 0 Å². The summed E-state index contributed by atoms with van der Waals surface area (Å²) in [4.78, 5) is 11.6. The number of carbonyl (C=O) groups is 1. The number of halogens is 4. The number of nitrogens with one attached hydrogen (secondary N) is 1. The fraction of sp³-hybridized carbons (Fsp3) is 0.167. The minimum atomic E-state index is -0.807. The van der Waals surface area contributed by atoms with E-state index < -0.39 is 17.5 Å². The molecular formula is C18H13Cl2F2NO3. The number of carbonyl (C=O) groups excluding carboxylic acids is 1. The summed E-state index contributed by atoms with van der Waals surface area (Å²) in [6, 6.07) is 7.63. The van der Waals surface area contributed by atoms with Crippen LogP contribution in [0.2, 0.25) is 10.0 Å². The first-order valence-corrected chi connectivity index (χ1v) is 8.09. The van der Waals surface area contributed by atoms with Gasteiger partial charge in [0.05, 0.1) is 11.6 Å². The van der Waals surface area contributed by atoms with Crippen LogP contribution in [-0.4, -0.2) is 25.7 Å². The van der Waals surface area contributed by atoms with Gasteiger partial charge in [-0.15, -0.1) is 0 Å². The van der Waals surface area contributed by atoms with E-state index >= 15 is 0 Å². The van der Waals surface area contributed by atoms with Gasteiger partial charge in [-0.2, -0.15) is 0 Å². The van der Waals surface area contributed by atoms with Gasteiger partial charge in [0.2, 0.25) is 0 Å². The molecule has 0 radical (unpaired) electrons. The predicted molar refractivity (Wildman–Crippen MR) is 94.6 cm³/mol. The molecule has 0 heterocycles. The molecule has 0 bridgehead atoms. The van der Waals surface area contributed by atoms with Crippen LogP contribution in [0.4, 0.5) is 8.78 Å². The van der Waals surface area contributed by atoms with E-state index in [0.29, 0.717) is 15.8 Å². The van der Waals surface area contributed by atoms with Crippen LogP contribution in [-0.2, 0) is 4.79 Å². The van der Waals surface area contributed by atoms with Crippen LogP contribution in [0.5, 0.6) is 11.5 Å². The minimum absolute atomic E-state index is 0.0613. The molecule has 0 aliphatic carbocycles. The topological polar surface area (TPSA) is 47.6 Å². The van der Waals surface area contributed by atoms with Crippen molar-refractivity contribution in [2.75, 3.05) is 19.8 Å². The van der Waals surface area contributed by atoms with Crippen molar-refractivity contribution in [1.82, 2.24) is 5.32 Å². The Hall–Kier alpha value is -2.49. The smallest absolute Gasteiger partial charge is 0.258 e. The quantitative estimate of drug-likeness (QED) is 0.750. The Balaban J connectivity index is 1.68. The lowest BCUT2D eigenvalue weighted by molar-refractivity contribution is -0.122. The second-order valence-corrected chi connectivity index (χ2v) is 5.70. The molecular weight excluding hydrogens is 387 g/mol. The molecule has 0 fully saturated rings. The highest BCUT2D eigenvalue weighted by atomic mass is 35.5. The van der Waals surface area contributed by atoms with Crippen molar-refractivity contribution in [1.29, 1.82) is 0 Å². The van der Waals surface area contributed by atoms with Gasteiger partial charge in [0.1, 0.15) is 18.2 Å². The molecule has 0 saturated heterocycles. The van der Waals surface area contributed by atoms with Gasteiger partial charge in [-0.3, -0.25) is 4.79 Å². The zero-order valence-electron chi connectivity index (χ0n) is 13.3. The standard InChI is InChI=1S/C18H13Cl2F2NO3/c19-12-3-5-16(14(20)9-12)26-11-18(24)23-7-1-2-8-25-17-6-4-13(21)10-15(17)22/h3-6,9-10H,7-8,11H2,(H,23,24). The SMILES string of the molecule is O=C(COc1ccc(Cl)cc1Cl)NCC#CCOc1ccc(F)cc1F. The predicted octanol–water partition coefficient (Wildman–Crippen LogP) is 3.85. The van der Waals surface area contributed by atoms with Crippen molar-refractivity contribution in [3.8, 4) is 23.3 Å². The van der Waals surface area contributed by atoms with Crippen molar-refractivity contribution >= 4 is 29.1 Å². The first-order valence-electron chi connectivity index (χ1n) is 7.34. The molecule has 0 aliphatic rings. The number of hydrogen-bond acceptors (Lipinski definition) is 3. The molecule has 4 nitrogen and oxygen atoms in total. The molecule has 2 rings (SSSR count). The molecule has 8 heteroatoms. The molecule has 1 amide bonds. The van der Waals surface area contributed by atoms with Crippen molar-refractivity contribution < 1.29 is 23.0 Å². The van der Waals surface area contributed by atoms with Crippen LogP contribution in [0.15, 0.2) is 36.4 Å². The summed E-state index contributed by atoms with van der Waals surface area (Å²) < 4.78 is 36.4. The number of rotatable bonds is 6. The van der Waals surface area contributed by atoms with E-state index in [0.717, 1.165) is 12.1 Å². The number of hydrogen-bond donors (Lipinski definition) is 1. The molecule has 2 aromatic rings. The third kappa shape index (κ3) is 6.43. The minimum Gasteiger partial charge on any atom is -0.482 e. The van der Waals surface area contributed by atoms with Crippen LogP contribution in [0.25, 0.3) is 0 Å². The van der Waals surface area contributed by atoms with Gasteiger partial charge in [0.15, 0.2) is 18.2 Å². The van der Waals surface area contributed by atoms with E-state index in [9.17, 15) is 13.6 Å². The van der Waals surface area contributed by atoms with E-state index in [2.05, 4.69) is 17.2 Å². The fourth-order valence-electron chi connectivity index (χ4n) is 1.75. The summed E-state index contributed by atoms with van der Waals surface area (Å²) in [5.41, 5.74) is 0. The van der Waals surface area contributed by atoms with Gasteiger partial charge in [0.25, 0.3) is 5.91 Å². The first-order chi connectivity index (χ1) is 12.5. The van der Waals surface area contributed by atoms with Crippen molar-refractivity contribution in [3.05, 3.63) is 58.1 Å². The summed E-state index contributed by atoms with van der Waals surface area (Å²) >= 11 is 11.7. The Bertz CT molecular complexity index is 850. The van der Waals surface area contributed by atoms with Crippen molar-refractivity contribution in [3.63, 3.8) is 0 Å². The second kappa shape index (κ2) is 9.85. The van der Waals surface area contributed by atoms with Gasteiger partial charge >= 0.3 is 0 Å². The van der Waals surface area contributed by atoms with Crippen LogP contribution >= 0.6 is 23.2 Å². The third-order valence-corrected chi connectivity index (χ3v) is 3.48. The number of benzene rings is 2. The zero-order valence-corrected chi connectivity index (χ0v) is 14.8. The lowest BCUT2D eigenvalue weighted by atomic mass is 10.3. The fourth-order valence-corrected chi connectivity index (χ4v) is 2.21. The largest absolute Gasteiger partial charge is 0.482 e. The van der Waals surface area contributed by atoms with Gasteiger partial charge in [-0.05, 0) is 30.3 Å². The molecule has 136 valence electrons. The van der Waals surface area contributed by atoms with E-state index in [-0.39, 0.29) is 25.5 Å². The highest BCUT2D eigenvalue weighted by molar-refractivity contribution is 6.35. The molecule has 0 unspecified atom stereocenters. The Morgan fingerprint density at radius 1 is 1.04 bits per heavy atom. The molecule has 0 aromatic heterocycles. The maximum absolute atomic E-state index is 13.3. The molecule has 0 atom stereocenters. The lowest BCUT2D eigenvalue weighted by Gasteiger charge is -2.07. The maximum Gasteiger partial charge on any atom is 0.258 e. The highest BCUT2D eigenvalue weighted by Gasteiger charge is 2.06. The van der Waals surface area contributed by atoms with E-state index in [1.807, 2.05) is 0 Å². The maximum atomic E-state index is 13.3. The molecule has 26 heavy (non-hydrogen) atoms. The Morgan fingerprint density at radius 3 is 2.54 bits per heavy atom. The Morgan fingerprint density at radius 2 is 1.81 bits per heavy atom. The summed E-state index contributed by atoms with van der Waals surface area (Å²) in [6.07, 6.45) is 0. The highest BCUT2D eigenvalue weighted by Crippen LogP contribution is 2.27. The molecule has 0 saturated carbocycles. The molecule has 0 spiro atoms. The van der Waals surface area contributed by atoms with Gasteiger partial charge in [-0.1, -0.05) is 35.0 Å². The molecule has 2 aromatic carbocycles. The van der Waals surface area contributed by atoms with Crippen LogP contribution in [0, 0.1) is 23.5 Å². The van der Waals surface area contributed by atoms with E-state index in [1.165, 1.54) is 12.1 Å². The van der Waals surface area contributed by atoms with Crippen molar-refractivity contribution in [2.45, 2.75) is 0 Å². The summed E-state index contributed by atoms with van der Waals surface area (Å²) in [5.74, 6) is 3.58. The number of amides is 1. The summed E-state index contributed by atoms with van der Waals surface area (Å²) in [7, 11) is 0. The second-order valence-electron chi connectivity index (χ2n) is 4.86. The van der Waals surface area contributed by atoms with Crippen LogP contribution in [0.3, 0.4) is 0 Å². The van der Waals surface area contributed by atoms with E-state index in [1.54, 1.807) is 12.1 Å². The summed E-state index contributed by atoms with van der Waals surface area (Å²) in [6.45, 7) is -0.276. The average molecular weight is 400 g/mol. The van der Waals surface area contributed by atoms with Gasteiger partial charge in [0, 0.05) is 11.1 Å². The Kier molecular flexibility index (Phi) is 7.52. The normalized spacial score (nSPS) is 9.85. The number of ether oxygens (including phenoxy) is 2. The van der Waals surface area contributed by atoms with Crippen molar-refractivity contribution in [2.24, 2.45) is 0 Å². The lowest BCUT2D eigenvalue weighted by Crippen LogP contribution is -2.29. The third-order valence-electron chi connectivity index (χ3n) is 2.95. The van der Waals surface area contributed by atoms with Gasteiger partial charge in [-0.25, -0.2) is 8.78 Å². The monoisotopic (exact) mass is 399 g/mol. The van der Waals surface area contributed by atoms with E-state index in [4.69, 9.17) is 32.7 Å². The zero-order chi connectivity index (χ0) is 18.9. The first kappa shape index (κ1) is 19.8. The molecule has 1 N–H and O–H groups in total. The Labute approximate surface area is 159 Å². The van der Waals surface area contributed by atoms with Gasteiger partial charge < -0.3 is 14.8 Å².